The van der Waals surface area contributed by atoms with Crippen molar-refractivity contribution in [2.24, 2.45) is 5.73 Å². The summed E-state index contributed by atoms with van der Waals surface area (Å²) in [7, 11) is 0. The molecule has 9 heteroatoms. The number of aromatic nitrogens is 4. The van der Waals surface area contributed by atoms with Crippen LogP contribution in [0.2, 0.25) is 0 Å². The van der Waals surface area contributed by atoms with E-state index in [0.717, 1.165) is 16.4 Å². The molecule has 160 valence electrons. The fourth-order valence-electron chi connectivity index (χ4n) is 3.21. The maximum absolute atomic E-state index is 13.5. The van der Waals surface area contributed by atoms with Gasteiger partial charge in [-0.1, -0.05) is 48.0 Å². The predicted octanol–water partition coefficient (Wildman–Crippen LogP) is 3.11. The molecule has 1 heterocycles. The highest BCUT2D eigenvalue weighted by atomic mass is 19.1. The van der Waals surface area contributed by atoms with E-state index in [1.165, 1.54) is 18.2 Å². The first-order chi connectivity index (χ1) is 15.4. The highest BCUT2D eigenvalue weighted by Gasteiger charge is 2.24. The SMILES string of the molecule is Cc1ccc(C(C(N)=O)n2nnc(-c3ccccc3NC(=O)c3cccc(F)c3)n2)cc1. The first-order valence-electron chi connectivity index (χ1n) is 9.74. The molecule has 0 aliphatic heterocycles. The minimum absolute atomic E-state index is 0.171. The second-order valence-electron chi connectivity index (χ2n) is 7.16. The van der Waals surface area contributed by atoms with Crippen molar-refractivity contribution in [2.45, 2.75) is 13.0 Å². The third-order valence-corrected chi connectivity index (χ3v) is 4.82. The average Bonchev–Trinajstić information content (AvgIpc) is 3.25. The third-order valence-electron chi connectivity index (χ3n) is 4.82. The minimum Gasteiger partial charge on any atom is -0.367 e. The number of hydrogen-bond acceptors (Lipinski definition) is 5. The van der Waals surface area contributed by atoms with Crippen LogP contribution in [0.3, 0.4) is 0 Å². The average molecular weight is 430 g/mol. The number of primary amides is 1. The monoisotopic (exact) mass is 430 g/mol. The van der Waals surface area contributed by atoms with Gasteiger partial charge in [0, 0.05) is 11.1 Å². The lowest BCUT2D eigenvalue weighted by Gasteiger charge is -2.12. The van der Waals surface area contributed by atoms with Crippen molar-refractivity contribution in [1.82, 2.24) is 20.2 Å². The van der Waals surface area contributed by atoms with Gasteiger partial charge in [0.05, 0.1) is 5.69 Å². The van der Waals surface area contributed by atoms with E-state index in [1.807, 2.05) is 19.1 Å². The van der Waals surface area contributed by atoms with Crippen molar-refractivity contribution < 1.29 is 14.0 Å². The number of carbonyl (C=O) groups is 2. The maximum atomic E-state index is 13.5. The van der Waals surface area contributed by atoms with E-state index < -0.39 is 23.7 Å². The standard InChI is InChI=1S/C23H19FN6O2/c1-14-9-11-15(12-10-14)20(21(25)31)30-28-22(27-29-30)18-7-2-3-8-19(18)26-23(32)16-5-4-6-17(24)13-16/h2-13,20H,1H3,(H2,25,31)(H,26,32). The number of rotatable bonds is 6. The summed E-state index contributed by atoms with van der Waals surface area (Å²) in [6.07, 6.45) is 0. The van der Waals surface area contributed by atoms with E-state index in [4.69, 9.17) is 5.73 Å². The van der Waals surface area contributed by atoms with Gasteiger partial charge in [-0.05, 0) is 48.0 Å². The van der Waals surface area contributed by atoms with Gasteiger partial charge in [0.1, 0.15) is 5.82 Å². The van der Waals surface area contributed by atoms with Crippen LogP contribution in [0.1, 0.15) is 27.5 Å². The van der Waals surface area contributed by atoms with Crippen LogP contribution in [0.25, 0.3) is 11.4 Å². The summed E-state index contributed by atoms with van der Waals surface area (Å²) in [5, 5.41) is 15.1. The van der Waals surface area contributed by atoms with Gasteiger partial charge in [-0.15, -0.1) is 15.0 Å². The summed E-state index contributed by atoms with van der Waals surface area (Å²) in [4.78, 5) is 25.8. The molecule has 0 spiro atoms. The Morgan fingerprint density at radius 3 is 2.50 bits per heavy atom. The molecule has 3 N–H and O–H groups in total. The van der Waals surface area contributed by atoms with E-state index in [1.54, 1.807) is 36.4 Å². The van der Waals surface area contributed by atoms with Crippen LogP contribution in [-0.2, 0) is 4.79 Å². The number of nitrogens with two attached hydrogens (primary N) is 1. The van der Waals surface area contributed by atoms with Gasteiger partial charge in [-0.2, -0.15) is 0 Å². The largest absolute Gasteiger partial charge is 0.367 e. The lowest BCUT2D eigenvalue weighted by Crippen LogP contribution is -2.29. The zero-order valence-electron chi connectivity index (χ0n) is 17.1. The molecule has 4 rings (SSSR count). The Hall–Kier alpha value is -4.40. The molecule has 0 fully saturated rings. The van der Waals surface area contributed by atoms with Crippen molar-refractivity contribution in [2.75, 3.05) is 5.32 Å². The molecule has 32 heavy (non-hydrogen) atoms. The summed E-state index contributed by atoms with van der Waals surface area (Å²) < 4.78 is 13.5. The van der Waals surface area contributed by atoms with Gasteiger partial charge >= 0.3 is 0 Å². The Labute approximate surface area is 182 Å². The minimum atomic E-state index is -0.939. The molecule has 0 bridgehead atoms. The zero-order chi connectivity index (χ0) is 22.7. The second-order valence-corrected chi connectivity index (χ2v) is 7.16. The highest BCUT2D eigenvalue weighted by Crippen LogP contribution is 2.26. The molecule has 3 aromatic carbocycles. The van der Waals surface area contributed by atoms with Crippen molar-refractivity contribution in [1.29, 1.82) is 0 Å². The van der Waals surface area contributed by atoms with Crippen LogP contribution in [-0.4, -0.2) is 32.0 Å². The summed E-state index contributed by atoms with van der Waals surface area (Å²) >= 11 is 0. The Morgan fingerprint density at radius 2 is 1.78 bits per heavy atom. The van der Waals surface area contributed by atoms with Gasteiger partial charge in [0.25, 0.3) is 5.91 Å². The van der Waals surface area contributed by atoms with Crippen LogP contribution >= 0.6 is 0 Å². The number of tetrazole rings is 1. The molecule has 0 saturated heterocycles. The van der Waals surface area contributed by atoms with Gasteiger partial charge in [0.15, 0.2) is 6.04 Å². The summed E-state index contributed by atoms with van der Waals surface area (Å²) in [6, 6.07) is 18.6. The number of halogens is 1. The van der Waals surface area contributed by atoms with E-state index >= 15 is 0 Å². The van der Waals surface area contributed by atoms with Gasteiger partial charge in [0.2, 0.25) is 11.7 Å². The Morgan fingerprint density at radius 1 is 1.03 bits per heavy atom. The summed E-state index contributed by atoms with van der Waals surface area (Å²) in [6.45, 7) is 1.93. The Bertz CT molecular complexity index is 1290. The van der Waals surface area contributed by atoms with E-state index in [2.05, 4.69) is 20.7 Å². The quantitative estimate of drug-likeness (QED) is 0.488. The molecular formula is C23H19FN6O2. The molecule has 1 aromatic heterocycles. The number of para-hydroxylation sites is 1. The first kappa shape index (κ1) is 20.9. The molecule has 0 aliphatic rings. The van der Waals surface area contributed by atoms with Crippen LogP contribution in [0, 0.1) is 12.7 Å². The first-order valence-corrected chi connectivity index (χ1v) is 9.74. The van der Waals surface area contributed by atoms with Crippen LogP contribution in [0.4, 0.5) is 10.1 Å². The molecule has 1 atom stereocenters. The lowest BCUT2D eigenvalue weighted by atomic mass is 10.1. The topological polar surface area (TPSA) is 116 Å². The molecular weight excluding hydrogens is 411 g/mol. The number of nitrogens with zero attached hydrogens (tertiary/aromatic N) is 4. The Balaban J connectivity index is 1.65. The van der Waals surface area contributed by atoms with Crippen molar-refractivity contribution in [3.05, 3.63) is 95.3 Å². The number of hydrogen-bond donors (Lipinski definition) is 2. The van der Waals surface area contributed by atoms with Gasteiger partial charge in [-0.3, -0.25) is 9.59 Å². The number of amides is 2. The zero-order valence-corrected chi connectivity index (χ0v) is 17.1. The van der Waals surface area contributed by atoms with Crippen molar-refractivity contribution in [3.63, 3.8) is 0 Å². The number of nitrogens with one attached hydrogen (secondary N) is 1. The van der Waals surface area contributed by atoms with E-state index in [0.29, 0.717) is 16.8 Å². The maximum Gasteiger partial charge on any atom is 0.255 e. The third kappa shape index (κ3) is 4.36. The number of aryl methyl sites for hydroxylation is 1. The predicted molar refractivity (Wildman–Crippen MR) is 116 cm³/mol. The summed E-state index contributed by atoms with van der Waals surface area (Å²) in [5.41, 5.74) is 8.33. The van der Waals surface area contributed by atoms with Crippen molar-refractivity contribution in [3.8, 4) is 11.4 Å². The number of carbonyl (C=O) groups excluding carboxylic acids is 2. The van der Waals surface area contributed by atoms with Crippen LogP contribution in [0.15, 0.2) is 72.8 Å². The lowest BCUT2D eigenvalue weighted by molar-refractivity contribution is -0.120. The molecule has 2 amide bonds. The fourth-order valence-corrected chi connectivity index (χ4v) is 3.21. The smallest absolute Gasteiger partial charge is 0.255 e. The number of anilines is 1. The Kier molecular flexibility index (Phi) is 5.71. The van der Waals surface area contributed by atoms with Crippen LogP contribution in [0.5, 0.6) is 0 Å². The van der Waals surface area contributed by atoms with Gasteiger partial charge in [-0.25, -0.2) is 4.39 Å². The molecule has 4 aromatic rings. The molecule has 8 nitrogen and oxygen atoms in total. The molecule has 1 unspecified atom stereocenters. The fraction of sp³-hybridized carbons (Fsp3) is 0.0870. The van der Waals surface area contributed by atoms with Crippen molar-refractivity contribution >= 4 is 17.5 Å². The van der Waals surface area contributed by atoms with Gasteiger partial charge < -0.3 is 11.1 Å². The highest BCUT2D eigenvalue weighted by molar-refractivity contribution is 6.06. The molecule has 0 aliphatic carbocycles. The number of benzene rings is 3. The molecule has 0 radical (unpaired) electrons. The summed E-state index contributed by atoms with van der Waals surface area (Å²) in [5.74, 6) is -1.44. The normalized spacial score (nSPS) is 11.7. The van der Waals surface area contributed by atoms with Crippen LogP contribution < -0.4 is 11.1 Å². The second kappa shape index (κ2) is 8.76. The van der Waals surface area contributed by atoms with E-state index in [9.17, 15) is 14.0 Å². The molecule has 0 saturated carbocycles. The van der Waals surface area contributed by atoms with E-state index in [-0.39, 0.29) is 11.4 Å².